The molecule has 1 aromatic rings. The van der Waals surface area contributed by atoms with E-state index in [4.69, 9.17) is 6.57 Å². The van der Waals surface area contributed by atoms with Crippen molar-refractivity contribution in [3.63, 3.8) is 0 Å². The maximum absolute atomic E-state index is 6.41. The second kappa shape index (κ2) is 1.43. The van der Waals surface area contributed by atoms with Crippen molar-refractivity contribution in [3.8, 4) is 0 Å². The Bertz CT molecular complexity index is 169. The largest absolute Gasteiger partial charge is 0.363 e. The fourth-order valence-corrected chi connectivity index (χ4v) is 0.310. The van der Waals surface area contributed by atoms with Crippen LogP contribution in [0.15, 0.2) is 12.5 Å². The Hall–Kier alpha value is -1.30. The van der Waals surface area contributed by atoms with E-state index < -0.39 is 0 Å². The van der Waals surface area contributed by atoms with Crippen LogP contribution in [0.5, 0.6) is 0 Å². The summed E-state index contributed by atoms with van der Waals surface area (Å²) in [6.07, 6.45) is 2.96. The molecule has 3 nitrogen and oxygen atoms in total. The highest BCUT2D eigenvalue weighted by molar-refractivity contribution is 5.30. The molecule has 0 saturated carbocycles. The molecule has 7 heavy (non-hydrogen) atoms. The van der Waals surface area contributed by atoms with Gasteiger partial charge in [-0.25, -0.2) is 4.98 Å². The topological polar surface area (TPSA) is 33.0 Å². The summed E-state index contributed by atoms with van der Waals surface area (Å²) in [5.41, 5.74) is 0. The van der Waals surface area contributed by atoms with E-state index in [0.717, 1.165) is 0 Å². The lowest BCUT2D eigenvalue weighted by atomic mass is 10.8. The molecule has 0 unspecified atom stereocenters. The quantitative estimate of drug-likeness (QED) is 0.476. The minimum atomic E-state index is 0.486. The van der Waals surface area contributed by atoms with Crippen molar-refractivity contribution in [2.24, 2.45) is 0 Å². The van der Waals surface area contributed by atoms with Crippen molar-refractivity contribution >= 4 is 5.82 Å². The van der Waals surface area contributed by atoms with Crippen LogP contribution in [0.2, 0.25) is 0 Å². The molecule has 0 aliphatic rings. The summed E-state index contributed by atoms with van der Waals surface area (Å²) in [6, 6.07) is 0. The maximum Gasteiger partial charge on any atom is 0.247 e. The summed E-state index contributed by atoms with van der Waals surface area (Å²) < 4.78 is 0. The van der Waals surface area contributed by atoms with E-state index in [0.29, 0.717) is 5.82 Å². The van der Waals surface area contributed by atoms with Gasteiger partial charge in [0.15, 0.2) is 6.33 Å². The number of hydrogen-bond acceptors (Lipinski definition) is 1. The number of rotatable bonds is 0. The van der Waals surface area contributed by atoms with Gasteiger partial charge < -0.3 is 4.85 Å². The Balaban J connectivity index is 3.04. The van der Waals surface area contributed by atoms with Crippen LogP contribution in [0.3, 0.4) is 0 Å². The van der Waals surface area contributed by atoms with Crippen molar-refractivity contribution in [1.29, 1.82) is 0 Å². The van der Waals surface area contributed by atoms with Crippen LogP contribution in [-0.2, 0) is 0 Å². The molecule has 3 heteroatoms. The highest BCUT2D eigenvalue weighted by Gasteiger charge is 1.81. The van der Waals surface area contributed by atoms with Crippen LogP contribution in [0.1, 0.15) is 0 Å². The Morgan fingerprint density at radius 1 is 1.86 bits per heavy atom. The van der Waals surface area contributed by atoms with Gasteiger partial charge in [0.25, 0.3) is 0 Å². The van der Waals surface area contributed by atoms with Gasteiger partial charge in [-0.05, 0) is 0 Å². The minimum absolute atomic E-state index is 0.486. The number of hydrogen-bond donors (Lipinski definition) is 1. The van der Waals surface area contributed by atoms with Crippen LogP contribution < -0.4 is 0 Å². The van der Waals surface area contributed by atoms with Crippen LogP contribution >= 0.6 is 0 Å². The highest BCUT2D eigenvalue weighted by atomic mass is 15.0. The predicted octanol–water partition coefficient (Wildman–Crippen LogP) is 0.960. The summed E-state index contributed by atoms with van der Waals surface area (Å²) >= 11 is 0. The number of H-pyrrole nitrogens is 1. The normalized spacial score (nSPS) is 7.86. The van der Waals surface area contributed by atoms with Gasteiger partial charge in [-0.1, -0.05) is 6.57 Å². The highest BCUT2D eigenvalue weighted by Crippen LogP contribution is 2.00. The van der Waals surface area contributed by atoms with Crippen molar-refractivity contribution < 1.29 is 0 Å². The molecule has 0 aromatic carbocycles. The number of nitrogens with zero attached hydrogens (tertiary/aromatic N) is 2. The molecule has 34 valence electrons. The molecule has 0 saturated heterocycles. The maximum atomic E-state index is 6.41. The molecule has 1 rings (SSSR count). The minimum Gasteiger partial charge on any atom is -0.363 e. The van der Waals surface area contributed by atoms with E-state index in [1.165, 1.54) is 12.5 Å². The molecule has 1 heterocycles. The first-order valence-corrected chi connectivity index (χ1v) is 1.79. The lowest BCUT2D eigenvalue weighted by Crippen LogP contribution is -1.48. The molecular weight excluding hydrogens is 90.1 g/mol. The summed E-state index contributed by atoms with van der Waals surface area (Å²) in [5.74, 6) is 0.486. The van der Waals surface area contributed by atoms with E-state index in [1.807, 2.05) is 0 Å². The van der Waals surface area contributed by atoms with Crippen molar-refractivity contribution in [2.45, 2.75) is 0 Å². The molecule has 0 radical (unpaired) electrons. The second-order valence-electron chi connectivity index (χ2n) is 1.05. The fraction of sp³-hybridized carbons (Fsp3) is 0. The smallest absolute Gasteiger partial charge is 0.247 e. The first-order chi connectivity index (χ1) is 3.43. The van der Waals surface area contributed by atoms with Gasteiger partial charge in [-0.15, -0.1) is 0 Å². The Morgan fingerprint density at radius 3 is 3.00 bits per heavy atom. The van der Waals surface area contributed by atoms with Crippen molar-refractivity contribution in [1.82, 2.24) is 9.97 Å². The summed E-state index contributed by atoms with van der Waals surface area (Å²) in [6.45, 7) is 6.41. The zero-order chi connectivity index (χ0) is 5.11. The van der Waals surface area contributed by atoms with E-state index >= 15 is 0 Å². The zero-order valence-electron chi connectivity index (χ0n) is 3.55. The number of aromatic amines is 1. The Kier molecular flexibility index (Phi) is 0.794. The third-order valence-electron chi connectivity index (χ3n) is 0.604. The zero-order valence-corrected chi connectivity index (χ0v) is 3.55. The van der Waals surface area contributed by atoms with Crippen LogP contribution in [0, 0.1) is 6.57 Å². The van der Waals surface area contributed by atoms with Gasteiger partial charge in [0.1, 0.15) is 0 Å². The third-order valence-corrected chi connectivity index (χ3v) is 0.604. The molecule has 0 atom stereocenters. The molecule has 1 N–H and O–H groups in total. The standard InChI is InChI=1S/C4H3N3/c1-5-4-2-6-3-7-4/h2-3H,(H,6,7). The van der Waals surface area contributed by atoms with E-state index in [1.54, 1.807) is 0 Å². The molecule has 0 aliphatic heterocycles. The van der Waals surface area contributed by atoms with Gasteiger partial charge in [-0.3, -0.25) is 4.98 Å². The number of aromatic nitrogens is 2. The molecule has 0 fully saturated rings. The van der Waals surface area contributed by atoms with Crippen LogP contribution in [-0.4, -0.2) is 9.97 Å². The van der Waals surface area contributed by atoms with Crippen LogP contribution in [0.25, 0.3) is 4.85 Å². The molecule has 0 aliphatic carbocycles. The second-order valence-corrected chi connectivity index (χ2v) is 1.05. The summed E-state index contributed by atoms with van der Waals surface area (Å²) in [4.78, 5) is 9.31. The lowest BCUT2D eigenvalue weighted by molar-refractivity contribution is 1.32. The molecule has 0 amide bonds. The monoisotopic (exact) mass is 93.0 g/mol. The van der Waals surface area contributed by atoms with Gasteiger partial charge >= 0.3 is 0 Å². The van der Waals surface area contributed by atoms with Gasteiger partial charge in [0.05, 0.1) is 6.20 Å². The molecule has 0 spiro atoms. The first-order valence-electron chi connectivity index (χ1n) is 1.79. The molecule has 0 bridgehead atoms. The van der Waals surface area contributed by atoms with Crippen molar-refractivity contribution in [2.75, 3.05) is 0 Å². The van der Waals surface area contributed by atoms with Crippen LogP contribution in [0.4, 0.5) is 5.82 Å². The van der Waals surface area contributed by atoms with Crippen molar-refractivity contribution in [3.05, 3.63) is 23.9 Å². The third kappa shape index (κ3) is 0.578. The fourth-order valence-electron chi connectivity index (χ4n) is 0.310. The van der Waals surface area contributed by atoms with E-state index in [9.17, 15) is 0 Å². The van der Waals surface area contributed by atoms with Gasteiger partial charge in [-0.2, -0.15) is 0 Å². The van der Waals surface area contributed by atoms with E-state index in [2.05, 4.69) is 14.8 Å². The van der Waals surface area contributed by atoms with Gasteiger partial charge in [0, 0.05) is 0 Å². The Labute approximate surface area is 40.8 Å². The SMILES string of the molecule is [C-]#[N+]c1cnc[nH]1. The average molecular weight is 93.1 g/mol. The van der Waals surface area contributed by atoms with E-state index in [-0.39, 0.29) is 0 Å². The number of nitrogens with one attached hydrogen (secondary N) is 1. The van der Waals surface area contributed by atoms with Gasteiger partial charge in [0.2, 0.25) is 5.82 Å². The average Bonchev–Trinajstić information content (AvgIpc) is 2.14. The predicted molar refractivity (Wildman–Crippen MR) is 24.8 cm³/mol. The summed E-state index contributed by atoms with van der Waals surface area (Å²) in [5, 5.41) is 0. The number of imidazole rings is 1. The molecule has 1 aromatic heterocycles. The first kappa shape index (κ1) is 3.88. The lowest BCUT2D eigenvalue weighted by Gasteiger charge is -1.69. The Morgan fingerprint density at radius 2 is 2.71 bits per heavy atom. The molecular formula is C4H3N3. The summed E-state index contributed by atoms with van der Waals surface area (Å²) in [7, 11) is 0.